The third kappa shape index (κ3) is 1.96. The highest BCUT2D eigenvalue weighted by molar-refractivity contribution is 7.27. The van der Waals surface area contributed by atoms with Crippen molar-refractivity contribution in [2.24, 2.45) is 0 Å². The van der Waals surface area contributed by atoms with Crippen LogP contribution in [0, 0.1) is 0 Å². The van der Waals surface area contributed by atoms with Crippen molar-refractivity contribution in [3.05, 3.63) is 40.8 Å². The van der Waals surface area contributed by atoms with Crippen LogP contribution in [0.4, 0.5) is 11.4 Å². The summed E-state index contributed by atoms with van der Waals surface area (Å²) in [5.74, 6) is -0.138. The number of hydrogen-bond donors (Lipinski definition) is 2. The number of fused-ring (bicyclic) bond motifs is 1. The van der Waals surface area contributed by atoms with Crippen LogP contribution in [0.1, 0.15) is 9.67 Å². The van der Waals surface area contributed by atoms with Crippen molar-refractivity contribution in [1.29, 1.82) is 0 Å². The molecule has 0 saturated carbocycles. The van der Waals surface area contributed by atoms with Crippen molar-refractivity contribution in [2.75, 3.05) is 11.1 Å². The summed E-state index contributed by atoms with van der Waals surface area (Å²) in [6.07, 6.45) is 3.11. The van der Waals surface area contributed by atoms with Gasteiger partial charge < -0.3 is 11.1 Å². The number of carbonyl (C=O) groups excluding carboxylic acids is 1. The largest absolute Gasteiger partial charge is 0.396 e. The Bertz CT molecular complexity index is 688. The number of nitrogens with two attached hydrogens (primary N) is 1. The maximum Gasteiger partial charge on any atom is 0.265 e. The highest BCUT2D eigenvalue weighted by atomic mass is 32.1. The molecule has 3 rings (SSSR count). The Morgan fingerprint density at radius 3 is 3.00 bits per heavy atom. The smallest absolute Gasteiger partial charge is 0.265 e. The van der Waals surface area contributed by atoms with Crippen LogP contribution in [0.3, 0.4) is 0 Å². The molecule has 0 bridgehead atoms. The van der Waals surface area contributed by atoms with Gasteiger partial charge in [0.25, 0.3) is 5.91 Å². The average Bonchev–Trinajstić information content (AvgIpc) is 2.92. The molecule has 0 spiro atoms. The van der Waals surface area contributed by atoms with E-state index < -0.39 is 0 Å². The Balaban J connectivity index is 1.87. The quantitative estimate of drug-likeness (QED) is 0.754. The molecule has 0 unspecified atom stereocenters. The minimum Gasteiger partial charge on any atom is -0.396 e. The van der Waals surface area contributed by atoms with Crippen LogP contribution >= 0.6 is 22.7 Å². The first kappa shape index (κ1) is 11.2. The summed E-state index contributed by atoms with van der Waals surface area (Å²) in [5, 5.41) is 4.81. The topological polar surface area (TPSA) is 68.0 Å². The molecule has 4 nitrogen and oxygen atoms in total. The van der Waals surface area contributed by atoms with Gasteiger partial charge in [-0.2, -0.15) is 0 Å². The number of nitrogens with zero attached hydrogens (tertiary/aromatic N) is 1. The molecule has 1 amide bonds. The number of anilines is 2. The van der Waals surface area contributed by atoms with Gasteiger partial charge in [-0.25, -0.2) is 0 Å². The number of rotatable bonds is 2. The predicted octanol–water partition coefficient (Wildman–Crippen LogP) is 3.19. The van der Waals surface area contributed by atoms with Gasteiger partial charge in [-0.3, -0.25) is 9.78 Å². The molecule has 0 aliphatic rings. The Labute approximate surface area is 111 Å². The summed E-state index contributed by atoms with van der Waals surface area (Å²) in [4.78, 5) is 16.6. The Morgan fingerprint density at radius 1 is 1.33 bits per heavy atom. The second kappa shape index (κ2) is 4.40. The van der Waals surface area contributed by atoms with E-state index >= 15 is 0 Å². The monoisotopic (exact) mass is 275 g/mol. The van der Waals surface area contributed by atoms with E-state index in [2.05, 4.69) is 10.3 Å². The van der Waals surface area contributed by atoms with Crippen LogP contribution in [0.5, 0.6) is 0 Å². The van der Waals surface area contributed by atoms with E-state index in [1.54, 1.807) is 23.6 Å². The second-order valence-electron chi connectivity index (χ2n) is 3.68. The number of thiophene rings is 2. The Kier molecular flexibility index (Phi) is 2.73. The third-order valence-corrected chi connectivity index (χ3v) is 4.56. The van der Waals surface area contributed by atoms with E-state index in [9.17, 15) is 4.79 Å². The maximum atomic E-state index is 12.1. The first-order chi connectivity index (χ1) is 8.74. The maximum absolute atomic E-state index is 12.1. The van der Waals surface area contributed by atoms with Crippen LogP contribution < -0.4 is 11.1 Å². The summed E-state index contributed by atoms with van der Waals surface area (Å²) in [7, 11) is 0. The van der Waals surface area contributed by atoms with E-state index in [-0.39, 0.29) is 5.91 Å². The van der Waals surface area contributed by atoms with Gasteiger partial charge in [0.05, 0.1) is 22.4 Å². The summed E-state index contributed by atoms with van der Waals surface area (Å²) >= 11 is 3.11. The molecule has 0 fully saturated rings. The summed E-state index contributed by atoms with van der Waals surface area (Å²) < 4.78 is 2.26. The summed E-state index contributed by atoms with van der Waals surface area (Å²) in [6, 6.07) is 5.60. The standard InChI is InChI=1S/C12H9N3OS2/c13-7-6-14-3-1-8(7)15-12(16)11-5-10-9(18-11)2-4-17-10/h1-6H,13H2,(H,14,15,16). The van der Waals surface area contributed by atoms with E-state index in [1.165, 1.54) is 17.5 Å². The van der Waals surface area contributed by atoms with Crippen molar-refractivity contribution in [3.63, 3.8) is 0 Å². The molecule has 3 N–H and O–H groups in total. The Hall–Kier alpha value is -1.92. The second-order valence-corrected chi connectivity index (χ2v) is 5.71. The van der Waals surface area contributed by atoms with Gasteiger partial charge in [-0.15, -0.1) is 22.7 Å². The van der Waals surface area contributed by atoms with Gasteiger partial charge in [0.2, 0.25) is 0 Å². The van der Waals surface area contributed by atoms with Gasteiger partial charge >= 0.3 is 0 Å². The van der Waals surface area contributed by atoms with Gasteiger partial charge in [0.15, 0.2) is 0 Å². The lowest BCUT2D eigenvalue weighted by Gasteiger charge is -2.05. The van der Waals surface area contributed by atoms with E-state index in [0.717, 1.165) is 9.40 Å². The van der Waals surface area contributed by atoms with Crippen molar-refractivity contribution in [3.8, 4) is 0 Å². The van der Waals surface area contributed by atoms with Gasteiger partial charge in [-0.1, -0.05) is 0 Å². The average molecular weight is 275 g/mol. The number of aromatic nitrogens is 1. The zero-order valence-corrected chi connectivity index (χ0v) is 10.8. The highest BCUT2D eigenvalue weighted by Crippen LogP contribution is 2.30. The number of hydrogen-bond acceptors (Lipinski definition) is 5. The zero-order chi connectivity index (χ0) is 12.5. The van der Waals surface area contributed by atoms with Crippen molar-refractivity contribution in [2.45, 2.75) is 0 Å². The molecule has 0 aromatic carbocycles. The molecule has 3 heterocycles. The zero-order valence-electron chi connectivity index (χ0n) is 9.21. The predicted molar refractivity (Wildman–Crippen MR) is 76.3 cm³/mol. The fourth-order valence-electron chi connectivity index (χ4n) is 1.58. The van der Waals surface area contributed by atoms with Gasteiger partial charge in [-0.05, 0) is 23.6 Å². The summed E-state index contributed by atoms with van der Waals surface area (Å²) in [5.41, 5.74) is 6.78. The first-order valence-corrected chi connectivity index (χ1v) is 6.91. The minimum atomic E-state index is -0.138. The van der Waals surface area contributed by atoms with Crippen LogP contribution in [0.2, 0.25) is 0 Å². The fraction of sp³-hybridized carbons (Fsp3) is 0. The molecule has 0 radical (unpaired) electrons. The first-order valence-electron chi connectivity index (χ1n) is 5.22. The number of nitrogen functional groups attached to an aromatic ring is 1. The molecule has 18 heavy (non-hydrogen) atoms. The molecule has 0 saturated heterocycles. The molecule has 0 aliphatic heterocycles. The van der Waals surface area contributed by atoms with E-state index in [4.69, 9.17) is 5.73 Å². The summed E-state index contributed by atoms with van der Waals surface area (Å²) in [6.45, 7) is 0. The molecule has 0 aliphatic carbocycles. The number of pyridine rings is 1. The lowest BCUT2D eigenvalue weighted by Crippen LogP contribution is -2.11. The van der Waals surface area contributed by atoms with Crippen molar-refractivity contribution >= 4 is 49.4 Å². The third-order valence-electron chi connectivity index (χ3n) is 2.46. The van der Waals surface area contributed by atoms with E-state index in [1.807, 2.05) is 17.5 Å². The highest BCUT2D eigenvalue weighted by Gasteiger charge is 2.12. The molecule has 3 aromatic heterocycles. The van der Waals surface area contributed by atoms with Crippen molar-refractivity contribution in [1.82, 2.24) is 4.98 Å². The van der Waals surface area contributed by atoms with Crippen LogP contribution in [-0.2, 0) is 0 Å². The van der Waals surface area contributed by atoms with Crippen molar-refractivity contribution < 1.29 is 4.79 Å². The normalized spacial score (nSPS) is 10.7. The van der Waals surface area contributed by atoms with Gasteiger partial charge in [0.1, 0.15) is 0 Å². The molecule has 0 atom stereocenters. The molecule has 6 heteroatoms. The molecular weight excluding hydrogens is 266 g/mol. The van der Waals surface area contributed by atoms with Crippen LogP contribution in [-0.4, -0.2) is 10.9 Å². The number of nitrogens with one attached hydrogen (secondary N) is 1. The number of carbonyl (C=O) groups is 1. The van der Waals surface area contributed by atoms with E-state index in [0.29, 0.717) is 16.3 Å². The fourth-order valence-corrected chi connectivity index (χ4v) is 3.59. The van der Waals surface area contributed by atoms with Gasteiger partial charge in [0, 0.05) is 15.6 Å². The Morgan fingerprint density at radius 2 is 2.22 bits per heavy atom. The number of amides is 1. The van der Waals surface area contributed by atoms with Crippen LogP contribution in [0.25, 0.3) is 9.40 Å². The molecule has 3 aromatic rings. The minimum absolute atomic E-state index is 0.138. The SMILES string of the molecule is Nc1cnccc1NC(=O)c1cc2sccc2s1. The molecule has 90 valence electrons. The molecular formula is C12H9N3OS2. The lowest BCUT2D eigenvalue weighted by molar-refractivity contribution is 0.103. The lowest BCUT2D eigenvalue weighted by atomic mass is 10.3. The van der Waals surface area contributed by atoms with Crippen LogP contribution in [0.15, 0.2) is 36.0 Å².